The highest BCUT2D eigenvalue weighted by atomic mass is 35.5. The predicted molar refractivity (Wildman–Crippen MR) is 103 cm³/mol. The fraction of sp³-hybridized carbons (Fsp3) is 0.222. The van der Waals surface area contributed by atoms with Crippen molar-refractivity contribution in [3.05, 3.63) is 70.0 Å². The van der Waals surface area contributed by atoms with Gasteiger partial charge < -0.3 is 25.9 Å². The van der Waals surface area contributed by atoms with E-state index in [1.165, 1.54) is 26.0 Å². The first-order valence-electron chi connectivity index (χ1n) is 8.12. The van der Waals surface area contributed by atoms with Crippen molar-refractivity contribution in [3.63, 3.8) is 0 Å². The molecule has 1 fully saturated rings. The molecule has 2 aromatic carbocycles. The molecule has 1 saturated heterocycles. The van der Waals surface area contributed by atoms with Crippen LogP contribution in [-0.4, -0.2) is 33.9 Å². The van der Waals surface area contributed by atoms with Gasteiger partial charge in [-0.15, -0.1) is 0 Å². The van der Waals surface area contributed by atoms with Gasteiger partial charge in [0.1, 0.15) is 6.17 Å². The van der Waals surface area contributed by atoms with Crippen molar-refractivity contribution in [2.45, 2.75) is 25.6 Å². The Hall–Kier alpha value is -2.81. The molecule has 9 heteroatoms. The van der Waals surface area contributed by atoms with Gasteiger partial charge in [-0.25, -0.2) is 9.59 Å². The lowest BCUT2D eigenvalue weighted by Gasteiger charge is -2.46. The van der Waals surface area contributed by atoms with Gasteiger partial charge in [-0.1, -0.05) is 35.9 Å². The average Bonchev–Trinajstić information content (AvgIpc) is 2.82. The first kappa shape index (κ1) is 19.0. The fourth-order valence-corrected chi connectivity index (χ4v) is 3.13. The number of rotatable bonds is 3. The van der Waals surface area contributed by atoms with Crippen molar-refractivity contribution >= 4 is 35.0 Å². The molecule has 27 heavy (non-hydrogen) atoms. The van der Waals surface area contributed by atoms with Gasteiger partial charge in [-0.05, 0) is 44.2 Å². The number of benzene rings is 2. The van der Waals surface area contributed by atoms with Crippen molar-refractivity contribution in [3.8, 4) is 0 Å². The van der Waals surface area contributed by atoms with Gasteiger partial charge in [-0.3, -0.25) is 4.90 Å². The lowest BCUT2D eigenvalue weighted by Crippen LogP contribution is -2.56. The van der Waals surface area contributed by atoms with Crippen LogP contribution in [0.5, 0.6) is 0 Å². The zero-order valence-electron chi connectivity index (χ0n) is 14.6. The molecule has 0 saturated carbocycles. The molecule has 1 heterocycles. The van der Waals surface area contributed by atoms with Crippen LogP contribution in [0.15, 0.2) is 54.6 Å². The van der Waals surface area contributed by atoms with Crippen LogP contribution in [0.3, 0.4) is 0 Å². The van der Waals surface area contributed by atoms with Crippen molar-refractivity contribution in [2.24, 2.45) is 0 Å². The third-order valence-electron chi connectivity index (χ3n) is 4.31. The van der Waals surface area contributed by atoms with E-state index >= 15 is 0 Å². The Labute approximate surface area is 161 Å². The summed E-state index contributed by atoms with van der Waals surface area (Å²) in [5.41, 5.74) is -0.814. The molecular formula is C18H17ClN4O4-2. The molecule has 0 unspecified atom stereocenters. The Bertz CT molecular complexity index is 861. The van der Waals surface area contributed by atoms with E-state index in [4.69, 9.17) is 11.6 Å². The number of para-hydroxylation sites is 1. The van der Waals surface area contributed by atoms with Crippen LogP contribution in [0.4, 0.5) is 21.0 Å². The number of nitrogens with one attached hydrogen (secondary N) is 1. The molecule has 0 bridgehead atoms. The second kappa shape index (κ2) is 7.07. The summed E-state index contributed by atoms with van der Waals surface area (Å²) in [6, 6.07) is 12.6. The Balaban J connectivity index is 1.95. The smallest absolute Gasteiger partial charge is 0.316 e. The number of urea groups is 2. The molecule has 1 atom stereocenters. The van der Waals surface area contributed by atoms with Gasteiger partial charge in [0.2, 0.25) is 0 Å². The van der Waals surface area contributed by atoms with Crippen LogP contribution < -0.4 is 10.2 Å². The summed E-state index contributed by atoms with van der Waals surface area (Å²) < 4.78 is 0. The molecule has 0 spiro atoms. The lowest BCUT2D eigenvalue weighted by molar-refractivity contribution is 0.155. The van der Waals surface area contributed by atoms with E-state index in [-0.39, 0.29) is 15.8 Å². The average molecular weight is 389 g/mol. The number of carbonyl (C=O) groups excluding carboxylic acids is 2. The maximum absolute atomic E-state index is 12.8. The van der Waals surface area contributed by atoms with E-state index in [1.807, 2.05) is 0 Å². The van der Waals surface area contributed by atoms with E-state index in [2.05, 4.69) is 5.32 Å². The minimum absolute atomic E-state index is 0.101. The van der Waals surface area contributed by atoms with Gasteiger partial charge in [0, 0.05) is 16.4 Å². The fourth-order valence-electron chi connectivity index (χ4n) is 2.95. The Morgan fingerprint density at radius 3 is 2.48 bits per heavy atom. The number of amides is 4. The highest BCUT2D eigenvalue weighted by Crippen LogP contribution is 2.38. The molecule has 0 radical (unpaired) electrons. The Morgan fingerprint density at radius 2 is 1.85 bits per heavy atom. The maximum atomic E-state index is 12.8. The normalized spacial score (nSPS) is 18.6. The van der Waals surface area contributed by atoms with Gasteiger partial charge >= 0.3 is 12.1 Å². The van der Waals surface area contributed by atoms with E-state index in [0.29, 0.717) is 10.7 Å². The molecule has 1 N–H and O–H groups in total. The number of nitrogens with zero attached hydrogens (tertiary/aromatic N) is 3. The second-order valence-electron chi connectivity index (χ2n) is 6.58. The highest BCUT2D eigenvalue weighted by molar-refractivity contribution is 6.31. The topological polar surface area (TPSA) is 102 Å². The lowest BCUT2D eigenvalue weighted by atomic mass is 10.0. The quantitative estimate of drug-likeness (QED) is 0.795. The van der Waals surface area contributed by atoms with Crippen LogP contribution in [0, 0.1) is 10.4 Å². The molecule has 1 aliphatic heterocycles. The largest absolute Gasteiger partial charge is 0.754 e. The minimum atomic E-state index is -1.48. The van der Waals surface area contributed by atoms with Crippen LogP contribution in [0.25, 0.3) is 0 Å². The maximum Gasteiger partial charge on any atom is 0.316 e. The summed E-state index contributed by atoms with van der Waals surface area (Å²) in [5, 5.41) is 28.3. The Kier molecular flexibility index (Phi) is 4.97. The number of halogens is 1. The van der Waals surface area contributed by atoms with Crippen LogP contribution in [0.2, 0.25) is 5.02 Å². The van der Waals surface area contributed by atoms with E-state index in [0.717, 1.165) is 4.90 Å². The summed E-state index contributed by atoms with van der Waals surface area (Å²) in [5.74, 6) is 0. The molecular weight excluding hydrogens is 372 g/mol. The first-order chi connectivity index (χ1) is 12.7. The number of hydrogen-bond donors (Lipinski definition) is 1. The van der Waals surface area contributed by atoms with Gasteiger partial charge in [0.05, 0.1) is 5.54 Å². The second-order valence-corrected chi connectivity index (χ2v) is 7.01. The standard InChI is InChI=1S/C18H17ClN4O4/c1-18(2)15(22(26)16(24)20-13-8-4-3-5-9-13)21(17(25)23(18)27)14-10-6-7-12(19)11-14/h3-11,15H,1-2H3,(H,20,24)/q-2/t15-/m0/s1. The van der Waals surface area contributed by atoms with E-state index < -0.39 is 23.8 Å². The number of hydrogen-bond acceptors (Lipinski definition) is 4. The molecule has 0 aliphatic carbocycles. The highest BCUT2D eigenvalue weighted by Gasteiger charge is 2.50. The van der Waals surface area contributed by atoms with Crippen LogP contribution in [0.1, 0.15) is 13.8 Å². The molecule has 4 amide bonds. The summed E-state index contributed by atoms with van der Waals surface area (Å²) >= 11 is 5.97. The molecule has 1 aliphatic rings. The van der Waals surface area contributed by atoms with Gasteiger partial charge in [0.15, 0.2) is 0 Å². The molecule has 3 rings (SSSR count). The zero-order valence-corrected chi connectivity index (χ0v) is 15.4. The number of hydroxylamine groups is 4. The van der Waals surface area contributed by atoms with Gasteiger partial charge in [-0.2, -0.15) is 0 Å². The van der Waals surface area contributed by atoms with Crippen molar-refractivity contribution in [1.29, 1.82) is 0 Å². The summed E-state index contributed by atoms with van der Waals surface area (Å²) in [4.78, 5) is 26.0. The van der Waals surface area contributed by atoms with E-state index in [1.54, 1.807) is 42.5 Å². The minimum Gasteiger partial charge on any atom is -0.754 e. The van der Waals surface area contributed by atoms with Gasteiger partial charge in [0.25, 0.3) is 0 Å². The molecule has 8 nitrogen and oxygen atoms in total. The number of anilines is 2. The summed E-state index contributed by atoms with van der Waals surface area (Å²) in [6.45, 7) is 2.85. The molecule has 142 valence electrons. The monoisotopic (exact) mass is 388 g/mol. The van der Waals surface area contributed by atoms with Crippen molar-refractivity contribution in [1.82, 2.24) is 10.1 Å². The third kappa shape index (κ3) is 3.42. The summed E-state index contributed by atoms with van der Waals surface area (Å²) in [7, 11) is 0. The van der Waals surface area contributed by atoms with Crippen molar-refractivity contribution in [2.75, 3.05) is 10.2 Å². The van der Waals surface area contributed by atoms with Crippen LogP contribution >= 0.6 is 11.6 Å². The SMILES string of the molecule is CC1(C)[C@H](N([O-])C(=O)Nc2ccccc2)N(c2cccc(Cl)c2)C(=O)N1[O-]. The third-order valence-corrected chi connectivity index (χ3v) is 4.55. The summed E-state index contributed by atoms with van der Waals surface area (Å²) in [6.07, 6.45) is -1.38. The van der Waals surface area contributed by atoms with Crippen molar-refractivity contribution < 1.29 is 9.59 Å². The number of carbonyl (C=O) groups is 2. The first-order valence-corrected chi connectivity index (χ1v) is 8.50. The molecule has 2 aromatic rings. The van der Waals surface area contributed by atoms with Crippen LogP contribution in [-0.2, 0) is 0 Å². The Morgan fingerprint density at radius 1 is 1.19 bits per heavy atom. The van der Waals surface area contributed by atoms with E-state index in [9.17, 15) is 20.0 Å². The zero-order chi connectivity index (χ0) is 19.8. The predicted octanol–water partition coefficient (Wildman–Crippen LogP) is 4.22. The molecule has 0 aromatic heterocycles.